The van der Waals surface area contributed by atoms with Gasteiger partial charge in [0.25, 0.3) is 11.1 Å². The van der Waals surface area contributed by atoms with E-state index in [9.17, 15) is 9.59 Å². The molecule has 1 saturated heterocycles. The van der Waals surface area contributed by atoms with Crippen LogP contribution >= 0.6 is 56.9 Å². The van der Waals surface area contributed by atoms with Crippen molar-refractivity contribution in [2.24, 2.45) is 5.92 Å². The van der Waals surface area contributed by atoms with Crippen molar-refractivity contribution in [2.75, 3.05) is 6.54 Å². The normalized spacial score (nSPS) is 18.1. The molecule has 0 aromatic heterocycles. The first-order valence-electron chi connectivity index (χ1n) is 11.8. The van der Waals surface area contributed by atoms with Gasteiger partial charge in [-0.05, 0) is 116 Å². The van der Waals surface area contributed by atoms with E-state index < -0.39 is 0 Å². The zero-order valence-electron chi connectivity index (χ0n) is 19.1. The van der Waals surface area contributed by atoms with E-state index >= 15 is 0 Å². The molecule has 3 aromatic carbocycles. The molecule has 35 heavy (non-hydrogen) atoms. The Bertz CT molecular complexity index is 1290. The van der Waals surface area contributed by atoms with Gasteiger partial charge in [-0.25, -0.2) is 0 Å². The lowest BCUT2D eigenvalue weighted by Gasteiger charge is -2.25. The summed E-state index contributed by atoms with van der Waals surface area (Å²) in [7, 11) is 0. The molecule has 0 N–H and O–H groups in total. The van der Waals surface area contributed by atoms with Gasteiger partial charge >= 0.3 is 0 Å². The third-order valence-electron chi connectivity index (χ3n) is 6.61. The van der Waals surface area contributed by atoms with Crippen molar-refractivity contribution in [1.29, 1.82) is 0 Å². The second-order valence-electron chi connectivity index (χ2n) is 9.04. The molecular weight excluding hydrogens is 684 g/mol. The number of fused-ring (bicyclic) bond motifs is 1. The van der Waals surface area contributed by atoms with Crippen molar-refractivity contribution in [3.63, 3.8) is 0 Å². The zero-order chi connectivity index (χ0) is 24.4. The Kier molecular flexibility index (Phi) is 8.03. The van der Waals surface area contributed by atoms with Crippen molar-refractivity contribution >= 4 is 84.9 Å². The number of thioether (sulfide) groups is 1. The number of nitrogens with zero attached hydrogens (tertiary/aromatic N) is 1. The number of carbonyl (C=O) groups is 2. The summed E-state index contributed by atoms with van der Waals surface area (Å²) < 4.78 is 8.21. The van der Waals surface area contributed by atoms with Gasteiger partial charge in [0.05, 0.1) is 12.0 Å². The van der Waals surface area contributed by atoms with Crippen LogP contribution in [0.3, 0.4) is 0 Å². The van der Waals surface area contributed by atoms with Crippen LogP contribution < -0.4 is 4.74 Å². The van der Waals surface area contributed by atoms with Gasteiger partial charge in [0.1, 0.15) is 12.4 Å². The molecule has 1 aliphatic carbocycles. The minimum atomic E-state index is -0.160. The first-order valence-corrected chi connectivity index (χ1v) is 14.8. The average molecular weight is 709 g/mol. The second kappa shape index (κ2) is 11.2. The van der Waals surface area contributed by atoms with Gasteiger partial charge in [-0.3, -0.25) is 14.5 Å². The molecule has 1 heterocycles. The summed E-state index contributed by atoms with van der Waals surface area (Å²) >= 11 is 5.61. The number of amides is 2. The number of benzene rings is 3. The van der Waals surface area contributed by atoms with Crippen LogP contribution in [0.2, 0.25) is 0 Å². The fraction of sp³-hybridized carbons (Fsp3) is 0.286. The lowest BCUT2D eigenvalue weighted by molar-refractivity contribution is -0.123. The summed E-state index contributed by atoms with van der Waals surface area (Å²) in [6.45, 7) is 1.03. The highest BCUT2D eigenvalue weighted by Crippen LogP contribution is 2.36. The molecule has 7 heteroatoms. The molecular formula is C28H25I2NO3S. The Morgan fingerprint density at radius 3 is 2.46 bits per heavy atom. The standard InChI is InChI=1S/C28H25I2NO3S/c29-23-13-19(15-25-27(32)31(28(33)35-25)16-18-7-2-1-3-8-18)14-24(30)26(23)34-17-21-11-6-10-20-9-4-5-12-22(20)21/h4-6,9-15,18H,1-3,7-8,16-17H2/b25-15+. The van der Waals surface area contributed by atoms with E-state index in [0.717, 1.165) is 48.6 Å². The number of imide groups is 1. The van der Waals surface area contributed by atoms with Crippen molar-refractivity contribution in [1.82, 2.24) is 4.90 Å². The molecule has 0 bridgehead atoms. The van der Waals surface area contributed by atoms with E-state index in [1.165, 1.54) is 34.9 Å². The molecule has 0 atom stereocenters. The third kappa shape index (κ3) is 5.72. The van der Waals surface area contributed by atoms with Crippen LogP contribution in [0.4, 0.5) is 4.79 Å². The summed E-state index contributed by atoms with van der Waals surface area (Å²) in [6.07, 6.45) is 7.71. The van der Waals surface area contributed by atoms with E-state index in [2.05, 4.69) is 75.5 Å². The second-order valence-corrected chi connectivity index (χ2v) is 12.4. The molecule has 3 aromatic rings. The largest absolute Gasteiger partial charge is 0.487 e. The Labute approximate surface area is 237 Å². The maximum Gasteiger partial charge on any atom is 0.293 e. The van der Waals surface area contributed by atoms with Crippen LogP contribution in [0.5, 0.6) is 5.75 Å². The van der Waals surface area contributed by atoms with Crippen LogP contribution in [-0.2, 0) is 11.4 Å². The number of hydrogen-bond donors (Lipinski definition) is 0. The van der Waals surface area contributed by atoms with Gasteiger partial charge in [-0.15, -0.1) is 0 Å². The fourth-order valence-corrected chi connectivity index (χ4v) is 7.78. The highest BCUT2D eigenvalue weighted by Gasteiger charge is 2.36. The van der Waals surface area contributed by atoms with Crippen LogP contribution in [0, 0.1) is 13.1 Å². The van der Waals surface area contributed by atoms with E-state index in [4.69, 9.17) is 4.74 Å². The van der Waals surface area contributed by atoms with Crippen LogP contribution in [0.25, 0.3) is 16.8 Å². The lowest BCUT2D eigenvalue weighted by Crippen LogP contribution is -2.34. The van der Waals surface area contributed by atoms with E-state index in [1.54, 1.807) is 0 Å². The predicted octanol–water partition coefficient (Wildman–Crippen LogP) is 8.24. The SMILES string of the molecule is O=C1S/C(=C/c2cc(I)c(OCc3cccc4ccccc34)c(I)c2)C(=O)N1CC1CCCCC1. The molecule has 1 aliphatic heterocycles. The molecule has 0 spiro atoms. The minimum absolute atomic E-state index is 0.147. The Balaban J connectivity index is 1.31. The number of halogens is 2. The van der Waals surface area contributed by atoms with Gasteiger partial charge < -0.3 is 4.74 Å². The molecule has 5 rings (SSSR count). The summed E-state index contributed by atoms with van der Waals surface area (Å²) in [4.78, 5) is 27.5. The molecule has 1 saturated carbocycles. The number of carbonyl (C=O) groups excluding carboxylic acids is 2. The smallest absolute Gasteiger partial charge is 0.293 e. The number of hydrogen-bond acceptors (Lipinski definition) is 4. The average Bonchev–Trinajstić information content (AvgIpc) is 3.11. The zero-order valence-corrected chi connectivity index (χ0v) is 24.3. The van der Waals surface area contributed by atoms with Gasteiger partial charge in [-0.2, -0.15) is 0 Å². The van der Waals surface area contributed by atoms with Gasteiger partial charge in [0, 0.05) is 6.54 Å². The molecule has 2 aliphatic rings. The van der Waals surface area contributed by atoms with Crippen molar-refractivity contribution in [2.45, 2.75) is 38.7 Å². The molecule has 2 amide bonds. The van der Waals surface area contributed by atoms with E-state index in [0.29, 0.717) is 24.0 Å². The summed E-state index contributed by atoms with van der Waals surface area (Å²) in [5.74, 6) is 1.12. The van der Waals surface area contributed by atoms with Crippen molar-refractivity contribution in [3.8, 4) is 5.75 Å². The summed E-state index contributed by atoms with van der Waals surface area (Å²) in [5, 5.41) is 2.25. The van der Waals surface area contributed by atoms with Crippen molar-refractivity contribution in [3.05, 3.63) is 77.8 Å². The highest BCUT2D eigenvalue weighted by atomic mass is 127. The molecule has 2 fully saturated rings. The lowest BCUT2D eigenvalue weighted by atomic mass is 9.89. The minimum Gasteiger partial charge on any atom is -0.487 e. The topological polar surface area (TPSA) is 46.6 Å². The van der Waals surface area contributed by atoms with E-state index in [1.807, 2.05) is 30.3 Å². The molecule has 0 unspecified atom stereocenters. The summed E-state index contributed by atoms with van der Waals surface area (Å²) in [6, 6.07) is 18.6. The monoisotopic (exact) mass is 709 g/mol. The van der Waals surface area contributed by atoms with Gasteiger partial charge in [0.15, 0.2) is 0 Å². The van der Waals surface area contributed by atoms with Crippen molar-refractivity contribution < 1.29 is 14.3 Å². The van der Waals surface area contributed by atoms with Crippen LogP contribution in [0.15, 0.2) is 59.5 Å². The Morgan fingerprint density at radius 2 is 1.69 bits per heavy atom. The van der Waals surface area contributed by atoms with Crippen LogP contribution in [-0.4, -0.2) is 22.6 Å². The summed E-state index contributed by atoms with van der Waals surface area (Å²) in [5.41, 5.74) is 2.05. The molecule has 0 radical (unpaired) electrons. The van der Waals surface area contributed by atoms with Crippen LogP contribution in [0.1, 0.15) is 43.2 Å². The Morgan fingerprint density at radius 1 is 0.971 bits per heavy atom. The number of rotatable bonds is 6. The molecule has 4 nitrogen and oxygen atoms in total. The third-order valence-corrected chi connectivity index (χ3v) is 9.12. The van der Waals surface area contributed by atoms with E-state index in [-0.39, 0.29) is 11.1 Å². The first kappa shape index (κ1) is 25.1. The quantitative estimate of drug-likeness (QED) is 0.191. The van der Waals surface area contributed by atoms with Gasteiger partial charge in [0.2, 0.25) is 0 Å². The van der Waals surface area contributed by atoms with Gasteiger partial charge in [-0.1, -0.05) is 61.7 Å². The Hall–Kier alpha value is -1.59. The maximum atomic E-state index is 13.0. The molecule has 180 valence electrons. The first-order chi connectivity index (χ1) is 17.0. The predicted molar refractivity (Wildman–Crippen MR) is 159 cm³/mol. The highest BCUT2D eigenvalue weighted by molar-refractivity contribution is 14.1. The fourth-order valence-electron chi connectivity index (χ4n) is 4.81. The maximum absolute atomic E-state index is 13.0. The number of ether oxygens (including phenoxy) is 1.